The molecule has 130 valence electrons. The number of rotatable bonds is 3. The van der Waals surface area contributed by atoms with Crippen LogP contribution in [0.15, 0.2) is 72.8 Å². The van der Waals surface area contributed by atoms with Crippen LogP contribution >= 0.6 is 0 Å². The van der Waals surface area contributed by atoms with E-state index in [1.807, 2.05) is 0 Å². The fraction of sp³-hybridized carbons (Fsp3) is 0.217. The Labute approximate surface area is 153 Å². The van der Waals surface area contributed by atoms with Crippen molar-refractivity contribution in [3.63, 3.8) is 0 Å². The van der Waals surface area contributed by atoms with Gasteiger partial charge in [0.1, 0.15) is 0 Å². The van der Waals surface area contributed by atoms with Gasteiger partial charge < -0.3 is 9.88 Å². The molecule has 0 atom stereocenters. The molecule has 0 aliphatic carbocycles. The number of hydrogen-bond donors (Lipinski definition) is 1. The number of hydrogen-bond acceptors (Lipinski definition) is 2. The van der Waals surface area contributed by atoms with E-state index in [0.29, 0.717) is 0 Å². The first-order valence-electron chi connectivity index (χ1n) is 9.38. The van der Waals surface area contributed by atoms with Gasteiger partial charge >= 0.3 is 0 Å². The summed E-state index contributed by atoms with van der Waals surface area (Å²) in [6, 6.07) is 26.1. The fourth-order valence-electron chi connectivity index (χ4n) is 4.09. The molecule has 4 aromatic rings. The molecule has 0 radical (unpaired) electrons. The van der Waals surface area contributed by atoms with Crippen LogP contribution in [0.25, 0.3) is 21.7 Å². The van der Waals surface area contributed by atoms with Crippen molar-refractivity contribution < 1.29 is 0 Å². The third kappa shape index (κ3) is 2.85. The second-order valence-electron chi connectivity index (χ2n) is 7.14. The molecule has 26 heavy (non-hydrogen) atoms. The van der Waals surface area contributed by atoms with E-state index in [1.54, 1.807) is 0 Å². The summed E-state index contributed by atoms with van der Waals surface area (Å²) in [4.78, 5) is 8.63. The Morgan fingerprint density at radius 1 is 0.731 bits per heavy atom. The zero-order valence-corrected chi connectivity index (χ0v) is 14.9. The summed E-state index contributed by atoms with van der Waals surface area (Å²) in [6.07, 6.45) is 0. The van der Waals surface area contributed by atoms with E-state index in [9.17, 15) is 0 Å². The van der Waals surface area contributed by atoms with Crippen LogP contribution in [-0.2, 0) is 6.54 Å². The maximum Gasteiger partial charge on any atom is 0.0456 e. The zero-order valence-electron chi connectivity index (χ0n) is 14.9. The number of aromatic amines is 1. The van der Waals surface area contributed by atoms with E-state index in [-0.39, 0.29) is 0 Å². The smallest absolute Gasteiger partial charge is 0.0456 e. The Kier molecular flexibility index (Phi) is 3.87. The zero-order chi connectivity index (χ0) is 17.3. The average Bonchev–Trinajstić information content (AvgIpc) is 3.10. The molecular formula is C23H23N3. The lowest BCUT2D eigenvalue weighted by molar-refractivity contribution is 0.248. The number of benzene rings is 3. The normalized spacial score (nSPS) is 15.8. The molecule has 2 heterocycles. The minimum absolute atomic E-state index is 0.998. The largest absolute Gasteiger partial charge is 0.368 e. The second kappa shape index (κ2) is 6.50. The van der Waals surface area contributed by atoms with Crippen LogP contribution in [0, 0.1) is 0 Å². The van der Waals surface area contributed by atoms with Gasteiger partial charge in [0.25, 0.3) is 0 Å². The van der Waals surface area contributed by atoms with Crippen LogP contribution in [0.2, 0.25) is 0 Å². The van der Waals surface area contributed by atoms with E-state index in [4.69, 9.17) is 0 Å². The predicted molar refractivity (Wildman–Crippen MR) is 110 cm³/mol. The highest BCUT2D eigenvalue weighted by Crippen LogP contribution is 2.27. The number of nitrogens with one attached hydrogen (secondary N) is 1. The first-order chi connectivity index (χ1) is 12.9. The molecular weight excluding hydrogens is 318 g/mol. The van der Waals surface area contributed by atoms with Crippen molar-refractivity contribution in [3.05, 3.63) is 78.5 Å². The van der Waals surface area contributed by atoms with Crippen LogP contribution in [-0.4, -0.2) is 36.1 Å². The Morgan fingerprint density at radius 3 is 2.31 bits per heavy atom. The molecule has 3 heteroatoms. The third-order valence-corrected chi connectivity index (χ3v) is 5.46. The molecule has 1 saturated heterocycles. The van der Waals surface area contributed by atoms with E-state index in [0.717, 1.165) is 32.7 Å². The summed E-state index contributed by atoms with van der Waals surface area (Å²) in [5.41, 5.74) is 3.91. The summed E-state index contributed by atoms with van der Waals surface area (Å²) < 4.78 is 0. The highest BCUT2D eigenvalue weighted by Gasteiger charge is 2.19. The van der Waals surface area contributed by atoms with Gasteiger partial charge in [-0.3, -0.25) is 4.90 Å². The minimum atomic E-state index is 0.998. The van der Waals surface area contributed by atoms with Crippen LogP contribution in [0.5, 0.6) is 0 Å². The molecule has 1 fully saturated rings. The van der Waals surface area contributed by atoms with Crippen molar-refractivity contribution in [3.8, 4) is 0 Å². The molecule has 1 aliphatic rings. The fourth-order valence-corrected chi connectivity index (χ4v) is 4.09. The first kappa shape index (κ1) is 15.5. The lowest BCUT2D eigenvalue weighted by Gasteiger charge is -2.36. The highest BCUT2D eigenvalue weighted by molar-refractivity contribution is 5.94. The first-order valence-corrected chi connectivity index (χ1v) is 9.38. The summed E-state index contributed by atoms with van der Waals surface area (Å²) >= 11 is 0. The quantitative estimate of drug-likeness (QED) is 0.586. The molecule has 1 aliphatic heterocycles. The molecule has 1 N–H and O–H groups in total. The number of aromatic nitrogens is 1. The monoisotopic (exact) mass is 341 g/mol. The molecule has 0 bridgehead atoms. The minimum Gasteiger partial charge on any atom is -0.368 e. The van der Waals surface area contributed by atoms with E-state index in [1.165, 1.54) is 33.1 Å². The SMILES string of the molecule is c1ccc2[nH]c(CN3CCN(c4cccc5ccccc45)CC3)cc2c1. The average molecular weight is 341 g/mol. The molecule has 0 amide bonds. The molecule has 3 nitrogen and oxygen atoms in total. The van der Waals surface area contributed by atoms with E-state index >= 15 is 0 Å². The van der Waals surface area contributed by atoms with Crippen molar-refractivity contribution in [1.29, 1.82) is 0 Å². The summed E-state index contributed by atoms with van der Waals surface area (Å²) in [6.45, 7) is 5.34. The van der Waals surface area contributed by atoms with Gasteiger partial charge in [-0.2, -0.15) is 0 Å². The van der Waals surface area contributed by atoms with Gasteiger partial charge in [0.15, 0.2) is 0 Å². The second-order valence-corrected chi connectivity index (χ2v) is 7.14. The molecule has 3 aromatic carbocycles. The Hall–Kier alpha value is -2.78. The van der Waals surface area contributed by atoms with Crippen molar-refractivity contribution in [1.82, 2.24) is 9.88 Å². The predicted octanol–water partition coefficient (Wildman–Crippen LogP) is 4.64. The molecule has 0 unspecified atom stereocenters. The maximum atomic E-state index is 3.55. The van der Waals surface area contributed by atoms with Gasteiger partial charge in [-0.05, 0) is 29.0 Å². The number of piperazine rings is 1. The van der Waals surface area contributed by atoms with Crippen LogP contribution < -0.4 is 4.90 Å². The summed E-state index contributed by atoms with van der Waals surface area (Å²) in [5, 5.41) is 3.99. The number of anilines is 1. The van der Waals surface area contributed by atoms with Crippen molar-refractivity contribution in [2.24, 2.45) is 0 Å². The maximum absolute atomic E-state index is 3.55. The van der Waals surface area contributed by atoms with Crippen molar-refractivity contribution >= 4 is 27.4 Å². The van der Waals surface area contributed by atoms with Gasteiger partial charge in [-0.25, -0.2) is 0 Å². The Morgan fingerprint density at radius 2 is 1.46 bits per heavy atom. The van der Waals surface area contributed by atoms with Crippen LogP contribution in [0.4, 0.5) is 5.69 Å². The van der Waals surface area contributed by atoms with E-state index in [2.05, 4.69) is 87.6 Å². The highest BCUT2D eigenvalue weighted by atomic mass is 15.3. The lowest BCUT2D eigenvalue weighted by Crippen LogP contribution is -2.46. The Balaban J connectivity index is 1.30. The Bertz CT molecular complexity index is 1000. The topological polar surface area (TPSA) is 22.3 Å². The summed E-state index contributed by atoms with van der Waals surface area (Å²) in [5.74, 6) is 0. The van der Waals surface area contributed by atoms with Crippen LogP contribution in [0.3, 0.4) is 0 Å². The van der Waals surface area contributed by atoms with Crippen LogP contribution in [0.1, 0.15) is 5.69 Å². The number of fused-ring (bicyclic) bond motifs is 2. The van der Waals surface area contributed by atoms with Crippen molar-refractivity contribution in [2.75, 3.05) is 31.1 Å². The molecule has 1 aromatic heterocycles. The van der Waals surface area contributed by atoms with Gasteiger partial charge in [0, 0.05) is 55.0 Å². The van der Waals surface area contributed by atoms with E-state index < -0.39 is 0 Å². The standard InChI is InChI=1S/C23H23N3/c1-3-9-21-18(6-1)8-5-11-23(21)26-14-12-25(13-15-26)17-20-16-19-7-2-4-10-22(19)24-20/h1-11,16,24H,12-15,17H2. The van der Waals surface area contributed by atoms with Gasteiger partial charge in [-0.15, -0.1) is 0 Å². The molecule has 5 rings (SSSR count). The van der Waals surface area contributed by atoms with Gasteiger partial charge in [0.05, 0.1) is 0 Å². The molecule has 0 saturated carbocycles. The number of H-pyrrole nitrogens is 1. The summed E-state index contributed by atoms with van der Waals surface area (Å²) in [7, 11) is 0. The lowest BCUT2D eigenvalue weighted by atomic mass is 10.1. The van der Waals surface area contributed by atoms with Gasteiger partial charge in [0.2, 0.25) is 0 Å². The van der Waals surface area contributed by atoms with Crippen molar-refractivity contribution in [2.45, 2.75) is 6.54 Å². The number of nitrogens with zero attached hydrogens (tertiary/aromatic N) is 2. The molecule has 0 spiro atoms. The number of para-hydroxylation sites is 1. The third-order valence-electron chi connectivity index (χ3n) is 5.46. The van der Waals surface area contributed by atoms with Gasteiger partial charge in [-0.1, -0.05) is 54.6 Å².